The smallest absolute Gasteiger partial charge is 0.323 e. The highest BCUT2D eigenvalue weighted by atomic mass is 32.1. The molecule has 0 atom stereocenters. The van der Waals surface area contributed by atoms with Gasteiger partial charge in [0, 0.05) is 20.5 Å². The number of anilines is 1. The van der Waals surface area contributed by atoms with E-state index >= 15 is 0 Å². The van der Waals surface area contributed by atoms with E-state index in [4.69, 9.17) is 0 Å². The highest BCUT2D eigenvalue weighted by Crippen LogP contribution is 2.28. The molecule has 0 aromatic carbocycles. The summed E-state index contributed by atoms with van der Waals surface area (Å²) in [6, 6.07) is -0.221. The monoisotopic (exact) mass is 253 g/mol. The lowest BCUT2D eigenvalue weighted by Gasteiger charge is -2.09. The predicted octanol–water partition coefficient (Wildman–Crippen LogP) is 2.15. The second-order valence-corrected chi connectivity index (χ2v) is 5.25. The number of carbonyl (C=O) groups excluding carboxylic acids is 2. The minimum atomic E-state index is -0.221. The summed E-state index contributed by atoms with van der Waals surface area (Å²) in [4.78, 5) is 29.7. The molecule has 0 fully saturated rings. The van der Waals surface area contributed by atoms with Crippen molar-refractivity contribution in [2.24, 2.45) is 0 Å². The van der Waals surface area contributed by atoms with Gasteiger partial charge < -0.3 is 4.90 Å². The predicted molar refractivity (Wildman–Crippen MR) is 66.7 cm³/mol. The lowest BCUT2D eigenvalue weighted by atomic mass is 10.2. The molecule has 6 heteroatoms. The number of aryl methyl sites for hydroxylation is 1. The van der Waals surface area contributed by atoms with Crippen molar-refractivity contribution in [2.45, 2.75) is 25.7 Å². The molecular formula is C11H15N3O2S. The Balaban J connectivity index is 2.19. The highest BCUT2D eigenvalue weighted by molar-refractivity contribution is 7.17. The Bertz CT molecular complexity index is 454. The number of thiazole rings is 1. The molecule has 1 aromatic heterocycles. The molecule has 0 aliphatic heterocycles. The van der Waals surface area contributed by atoms with E-state index in [2.05, 4.69) is 10.3 Å². The molecule has 1 aromatic rings. The molecule has 0 saturated carbocycles. The van der Waals surface area contributed by atoms with Gasteiger partial charge in [-0.2, -0.15) is 0 Å². The average Bonchev–Trinajstić information content (AvgIpc) is 2.59. The Hall–Kier alpha value is -1.43. The number of carbonyl (C=O) groups is 2. The fourth-order valence-electron chi connectivity index (χ4n) is 1.69. The van der Waals surface area contributed by atoms with E-state index in [0.717, 1.165) is 29.8 Å². The largest absolute Gasteiger partial charge is 0.331 e. The number of hydrogen-bond donors (Lipinski definition) is 1. The summed E-state index contributed by atoms with van der Waals surface area (Å²) >= 11 is 1.28. The van der Waals surface area contributed by atoms with Crippen molar-refractivity contribution in [2.75, 3.05) is 19.4 Å². The molecule has 0 saturated heterocycles. The van der Waals surface area contributed by atoms with Gasteiger partial charge in [-0.25, -0.2) is 9.78 Å². The third kappa shape index (κ3) is 2.63. The lowest BCUT2D eigenvalue weighted by Crippen LogP contribution is -2.27. The van der Waals surface area contributed by atoms with Crippen molar-refractivity contribution in [3.63, 3.8) is 0 Å². The molecule has 92 valence electrons. The summed E-state index contributed by atoms with van der Waals surface area (Å²) in [5.74, 6) is 0.153. The summed E-state index contributed by atoms with van der Waals surface area (Å²) in [7, 11) is 3.33. The van der Waals surface area contributed by atoms with Crippen LogP contribution in [0.3, 0.4) is 0 Å². The molecule has 1 N–H and O–H groups in total. The van der Waals surface area contributed by atoms with Gasteiger partial charge in [0.05, 0.1) is 10.6 Å². The van der Waals surface area contributed by atoms with E-state index < -0.39 is 0 Å². The van der Waals surface area contributed by atoms with Crippen molar-refractivity contribution in [1.29, 1.82) is 0 Å². The van der Waals surface area contributed by atoms with Gasteiger partial charge in [0.2, 0.25) is 0 Å². The number of amides is 2. The fraction of sp³-hybridized carbons (Fsp3) is 0.545. The van der Waals surface area contributed by atoms with Crippen LogP contribution in [-0.4, -0.2) is 35.8 Å². The standard InChI is InChI=1S/C11H15N3O2S/c1-14(2)11(16)13-10-12-7-5-3-4-6-8(15)9(7)17-10/h3-6H2,1-2H3,(H,12,13,16). The molecule has 1 aliphatic rings. The van der Waals surface area contributed by atoms with Crippen LogP contribution in [0.1, 0.15) is 34.6 Å². The summed E-state index contributed by atoms with van der Waals surface area (Å²) < 4.78 is 0. The number of Topliss-reactive ketones (excluding diaryl/α,β-unsaturated/α-hetero) is 1. The maximum atomic E-state index is 11.8. The maximum Gasteiger partial charge on any atom is 0.323 e. The Labute approximate surface area is 104 Å². The SMILES string of the molecule is CN(C)C(=O)Nc1nc2c(s1)C(=O)CCCC2. The molecule has 0 bridgehead atoms. The van der Waals surface area contributed by atoms with Gasteiger partial charge in [-0.3, -0.25) is 10.1 Å². The topological polar surface area (TPSA) is 62.3 Å². The van der Waals surface area contributed by atoms with Gasteiger partial charge in [0.25, 0.3) is 0 Å². The van der Waals surface area contributed by atoms with E-state index in [-0.39, 0.29) is 11.8 Å². The molecule has 0 spiro atoms. The lowest BCUT2D eigenvalue weighted by molar-refractivity contribution is 0.0985. The van der Waals surface area contributed by atoms with Crippen LogP contribution in [0.15, 0.2) is 0 Å². The molecule has 2 amide bonds. The number of nitrogens with zero attached hydrogens (tertiary/aromatic N) is 2. The van der Waals surface area contributed by atoms with Crippen molar-refractivity contribution in [3.8, 4) is 0 Å². The number of aromatic nitrogens is 1. The molecule has 0 unspecified atom stereocenters. The number of urea groups is 1. The van der Waals surface area contributed by atoms with Crippen molar-refractivity contribution in [1.82, 2.24) is 9.88 Å². The third-order valence-electron chi connectivity index (χ3n) is 2.64. The Morgan fingerprint density at radius 3 is 2.76 bits per heavy atom. The number of rotatable bonds is 1. The third-order valence-corrected chi connectivity index (χ3v) is 3.69. The summed E-state index contributed by atoms with van der Waals surface area (Å²) in [6.07, 6.45) is 3.34. The van der Waals surface area contributed by atoms with E-state index in [1.165, 1.54) is 16.2 Å². The number of hydrogen-bond acceptors (Lipinski definition) is 4. The fourth-order valence-corrected chi connectivity index (χ4v) is 2.66. The summed E-state index contributed by atoms with van der Waals surface area (Å²) in [5, 5.41) is 3.20. The first kappa shape index (κ1) is 12.0. The van der Waals surface area contributed by atoms with Gasteiger partial charge >= 0.3 is 6.03 Å². The second kappa shape index (κ2) is 4.83. The highest BCUT2D eigenvalue weighted by Gasteiger charge is 2.21. The summed E-state index contributed by atoms with van der Waals surface area (Å²) in [6.45, 7) is 0. The van der Waals surface area contributed by atoms with Crippen LogP contribution in [-0.2, 0) is 6.42 Å². The number of nitrogens with one attached hydrogen (secondary N) is 1. The van der Waals surface area contributed by atoms with Crippen LogP contribution in [0.25, 0.3) is 0 Å². The van der Waals surface area contributed by atoms with Crippen molar-refractivity contribution < 1.29 is 9.59 Å². The van der Waals surface area contributed by atoms with Gasteiger partial charge in [0.1, 0.15) is 0 Å². The van der Waals surface area contributed by atoms with E-state index in [0.29, 0.717) is 11.6 Å². The zero-order valence-corrected chi connectivity index (χ0v) is 10.8. The molecular weight excluding hydrogens is 238 g/mol. The van der Waals surface area contributed by atoms with E-state index in [1.807, 2.05) is 0 Å². The van der Waals surface area contributed by atoms with Gasteiger partial charge in [-0.1, -0.05) is 11.3 Å². The van der Waals surface area contributed by atoms with Crippen LogP contribution < -0.4 is 5.32 Å². The second-order valence-electron chi connectivity index (χ2n) is 4.25. The molecule has 17 heavy (non-hydrogen) atoms. The molecule has 2 rings (SSSR count). The minimum Gasteiger partial charge on any atom is -0.331 e. The molecule has 5 nitrogen and oxygen atoms in total. The minimum absolute atomic E-state index is 0.153. The van der Waals surface area contributed by atoms with Crippen LogP contribution in [0.2, 0.25) is 0 Å². The van der Waals surface area contributed by atoms with Crippen LogP contribution in [0.4, 0.5) is 9.93 Å². The van der Waals surface area contributed by atoms with Crippen molar-refractivity contribution in [3.05, 3.63) is 10.6 Å². The number of fused-ring (bicyclic) bond motifs is 1. The van der Waals surface area contributed by atoms with Crippen molar-refractivity contribution >= 4 is 28.3 Å². The maximum absolute atomic E-state index is 11.8. The first-order valence-electron chi connectivity index (χ1n) is 5.59. The van der Waals surface area contributed by atoms with E-state index in [9.17, 15) is 9.59 Å². The zero-order valence-electron chi connectivity index (χ0n) is 9.95. The average molecular weight is 253 g/mol. The Morgan fingerprint density at radius 1 is 1.35 bits per heavy atom. The van der Waals surface area contributed by atoms with Crippen LogP contribution >= 0.6 is 11.3 Å². The zero-order chi connectivity index (χ0) is 12.4. The van der Waals surface area contributed by atoms with Crippen LogP contribution in [0.5, 0.6) is 0 Å². The molecule has 1 heterocycles. The first-order chi connectivity index (χ1) is 8.08. The normalized spacial score (nSPS) is 15.1. The van der Waals surface area contributed by atoms with Gasteiger partial charge in [-0.15, -0.1) is 0 Å². The molecule has 1 aliphatic carbocycles. The van der Waals surface area contributed by atoms with Gasteiger partial charge in [-0.05, 0) is 19.3 Å². The quantitative estimate of drug-likeness (QED) is 0.780. The number of ketones is 1. The summed E-state index contributed by atoms with van der Waals surface area (Å²) in [5.41, 5.74) is 0.839. The molecule has 0 radical (unpaired) electrons. The first-order valence-corrected chi connectivity index (χ1v) is 6.41. The van der Waals surface area contributed by atoms with Gasteiger partial charge in [0.15, 0.2) is 10.9 Å². The van der Waals surface area contributed by atoms with E-state index in [1.54, 1.807) is 14.1 Å². The Morgan fingerprint density at radius 2 is 2.06 bits per heavy atom. The Kier molecular flexibility index (Phi) is 3.42. The van der Waals surface area contributed by atoms with Crippen LogP contribution in [0, 0.1) is 0 Å².